The summed E-state index contributed by atoms with van der Waals surface area (Å²) in [5.41, 5.74) is 0.708. The molecule has 0 spiro atoms. The molecule has 3 amide bonds. The molecule has 6 nitrogen and oxygen atoms in total. The van der Waals surface area contributed by atoms with Crippen molar-refractivity contribution in [2.45, 2.75) is 38.0 Å². The van der Waals surface area contributed by atoms with Gasteiger partial charge >= 0.3 is 0 Å². The molecule has 0 aromatic heterocycles. The Morgan fingerprint density at radius 2 is 1.92 bits per heavy atom. The molecule has 3 N–H and O–H groups in total. The normalized spacial score (nSPS) is 25.2. The van der Waals surface area contributed by atoms with Gasteiger partial charge in [0.2, 0.25) is 17.7 Å². The largest absolute Gasteiger partial charge is 0.326 e. The lowest BCUT2D eigenvalue weighted by Gasteiger charge is -2.44. The molecule has 0 aliphatic carbocycles. The fraction of sp³-hybridized carbons (Fsp3) is 0.500. The summed E-state index contributed by atoms with van der Waals surface area (Å²) in [6, 6.07) is 7.45. The molecule has 2 heterocycles. The van der Waals surface area contributed by atoms with Crippen LogP contribution in [0, 0.1) is 5.92 Å². The van der Waals surface area contributed by atoms with Crippen molar-refractivity contribution in [3.8, 4) is 0 Å². The second kappa shape index (κ2) is 6.73. The number of piperidine rings is 2. The van der Waals surface area contributed by atoms with Gasteiger partial charge in [-0.25, -0.2) is 0 Å². The number of anilines is 1. The van der Waals surface area contributed by atoms with Crippen molar-refractivity contribution in [2.24, 2.45) is 5.92 Å². The highest BCUT2D eigenvalue weighted by molar-refractivity contribution is 6.05. The van der Waals surface area contributed by atoms with Gasteiger partial charge in [-0.2, -0.15) is 0 Å². The van der Waals surface area contributed by atoms with Crippen molar-refractivity contribution >= 4 is 23.4 Å². The van der Waals surface area contributed by atoms with E-state index in [9.17, 15) is 14.4 Å². The maximum atomic E-state index is 13.0. The van der Waals surface area contributed by atoms with E-state index in [0.29, 0.717) is 18.5 Å². The first kappa shape index (κ1) is 16.6. The molecular weight excluding hydrogens is 306 g/mol. The minimum atomic E-state index is -0.769. The second-order valence-electron chi connectivity index (χ2n) is 6.60. The number of hydrogen-bond donors (Lipinski definition) is 3. The first-order valence-electron chi connectivity index (χ1n) is 8.46. The van der Waals surface area contributed by atoms with Crippen molar-refractivity contribution in [1.82, 2.24) is 10.6 Å². The number of nitrogens with one attached hydrogen (secondary N) is 3. The highest BCUT2D eigenvalue weighted by Crippen LogP contribution is 2.46. The van der Waals surface area contributed by atoms with Gasteiger partial charge in [0.1, 0.15) is 0 Å². The Morgan fingerprint density at radius 3 is 2.58 bits per heavy atom. The molecule has 128 valence electrons. The number of rotatable bonds is 3. The Hall–Kier alpha value is -2.21. The molecule has 2 fully saturated rings. The minimum Gasteiger partial charge on any atom is -0.326 e. The molecule has 1 unspecified atom stereocenters. The Bertz CT molecular complexity index is 667. The molecule has 0 saturated carbocycles. The monoisotopic (exact) mass is 329 g/mol. The van der Waals surface area contributed by atoms with Gasteiger partial charge < -0.3 is 10.6 Å². The van der Waals surface area contributed by atoms with Crippen LogP contribution in [0.1, 0.15) is 38.2 Å². The Balaban J connectivity index is 2.10. The van der Waals surface area contributed by atoms with E-state index >= 15 is 0 Å². The molecule has 0 radical (unpaired) electrons. The standard InChI is InChI=1S/C18H23N3O3/c1-12(22)20-15-5-3-2-4-14(15)18(13-7-10-19-11-8-13)9-6-16(23)21-17(18)24/h2-5,13,19H,6-11H2,1H3,(H,20,22)(H,21,23,24). The zero-order chi connectivity index (χ0) is 17.2. The summed E-state index contributed by atoms with van der Waals surface area (Å²) >= 11 is 0. The average molecular weight is 329 g/mol. The van der Waals surface area contributed by atoms with Crippen molar-refractivity contribution in [1.29, 1.82) is 0 Å². The van der Waals surface area contributed by atoms with Crippen LogP contribution < -0.4 is 16.0 Å². The van der Waals surface area contributed by atoms with Gasteiger partial charge in [-0.1, -0.05) is 18.2 Å². The van der Waals surface area contributed by atoms with E-state index in [4.69, 9.17) is 0 Å². The van der Waals surface area contributed by atoms with E-state index in [1.807, 2.05) is 24.3 Å². The van der Waals surface area contributed by atoms with Crippen LogP contribution >= 0.6 is 0 Å². The number of benzene rings is 1. The highest BCUT2D eigenvalue weighted by atomic mass is 16.2. The molecule has 1 aromatic carbocycles. The second-order valence-corrected chi connectivity index (χ2v) is 6.60. The SMILES string of the molecule is CC(=O)Nc1ccccc1C1(C2CCNCC2)CCC(=O)NC1=O. The number of carbonyl (C=O) groups excluding carboxylic acids is 3. The lowest BCUT2D eigenvalue weighted by molar-refractivity contribution is -0.140. The molecular formula is C18H23N3O3. The van der Waals surface area contributed by atoms with Crippen LogP contribution in [0.4, 0.5) is 5.69 Å². The maximum Gasteiger partial charge on any atom is 0.237 e. The van der Waals surface area contributed by atoms with Crippen LogP contribution in [0.25, 0.3) is 0 Å². The third-order valence-corrected chi connectivity index (χ3v) is 5.16. The van der Waals surface area contributed by atoms with Crippen LogP contribution in [-0.4, -0.2) is 30.8 Å². The first-order chi connectivity index (χ1) is 11.5. The molecule has 2 saturated heterocycles. The zero-order valence-electron chi connectivity index (χ0n) is 13.9. The predicted molar refractivity (Wildman–Crippen MR) is 90.4 cm³/mol. The van der Waals surface area contributed by atoms with Crippen LogP contribution in [0.5, 0.6) is 0 Å². The van der Waals surface area contributed by atoms with Crippen LogP contribution in [0.2, 0.25) is 0 Å². The fourth-order valence-electron chi connectivity index (χ4n) is 4.08. The number of para-hydroxylation sites is 1. The van der Waals surface area contributed by atoms with E-state index in [-0.39, 0.29) is 23.6 Å². The molecule has 1 atom stereocenters. The van der Waals surface area contributed by atoms with Gasteiger partial charge in [0.25, 0.3) is 0 Å². The fourth-order valence-corrected chi connectivity index (χ4v) is 4.08. The zero-order valence-corrected chi connectivity index (χ0v) is 13.9. The van der Waals surface area contributed by atoms with E-state index in [1.54, 1.807) is 0 Å². The van der Waals surface area contributed by atoms with Crippen LogP contribution in [0.15, 0.2) is 24.3 Å². The number of carbonyl (C=O) groups is 3. The van der Waals surface area contributed by atoms with Gasteiger partial charge in [0.05, 0.1) is 5.41 Å². The van der Waals surface area contributed by atoms with Gasteiger partial charge in [-0.05, 0) is 49.9 Å². The highest BCUT2D eigenvalue weighted by Gasteiger charge is 2.50. The summed E-state index contributed by atoms with van der Waals surface area (Å²) in [4.78, 5) is 36.3. The molecule has 3 rings (SSSR count). The van der Waals surface area contributed by atoms with Crippen molar-refractivity contribution < 1.29 is 14.4 Å². The maximum absolute atomic E-state index is 13.0. The Kier molecular flexibility index (Phi) is 4.66. The third kappa shape index (κ3) is 2.94. The summed E-state index contributed by atoms with van der Waals surface area (Å²) < 4.78 is 0. The first-order valence-corrected chi connectivity index (χ1v) is 8.46. The lowest BCUT2D eigenvalue weighted by atomic mass is 9.62. The molecule has 6 heteroatoms. The smallest absolute Gasteiger partial charge is 0.237 e. The van der Waals surface area contributed by atoms with E-state index in [2.05, 4.69) is 16.0 Å². The molecule has 2 aliphatic rings. The minimum absolute atomic E-state index is 0.141. The summed E-state index contributed by atoms with van der Waals surface area (Å²) in [7, 11) is 0. The van der Waals surface area contributed by atoms with Crippen molar-refractivity contribution in [3.05, 3.63) is 29.8 Å². The average Bonchev–Trinajstić information content (AvgIpc) is 2.56. The summed E-state index contributed by atoms with van der Waals surface area (Å²) in [5.74, 6) is -0.484. The summed E-state index contributed by atoms with van der Waals surface area (Å²) in [5, 5.41) is 8.71. The van der Waals surface area contributed by atoms with Crippen LogP contribution in [0.3, 0.4) is 0 Å². The Labute approximate surface area is 141 Å². The van der Waals surface area contributed by atoms with Gasteiger partial charge in [0.15, 0.2) is 0 Å². The van der Waals surface area contributed by atoms with Gasteiger partial charge in [-0.15, -0.1) is 0 Å². The molecule has 1 aromatic rings. The predicted octanol–water partition coefficient (Wildman–Crippen LogP) is 1.32. The summed E-state index contributed by atoms with van der Waals surface area (Å²) in [6.07, 6.45) is 2.55. The van der Waals surface area contributed by atoms with Gasteiger partial charge in [-0.3, -0.25) is 19.7 Å². The topological polar surface area (TPSA) is 87.3 Å². The van der Waals surface area contributed by atoms with E-state index < -0.39 is 5.41 Å². The number of amides is 3. The van der Waals surface area contributed by atoms with Crippen LogP contribution in [-0.2, 0) is 19.8 Å². The third-order valence-electron chi connectivity index (χ3n) is 5.16. The lowest BCUT2D eigenvalue weighted by Crippen LogP contribution is -2.57. The van der Waals surface area contributed by atoms with E-state index in [0.717, 1.165) is 31.5 Å². The number of imide groups is 1. The van der Waals surface area contributed by atoms with Crippen molar-refractivity contribution in [3.63, 3.8) is 0 Å². The molecule has 2 aliphatic heterocycles. The van der Waals surface area contributed by atoms with E-state index in [1.165, 1.54) is 6.92 Å². The quantitative estimate of drug-likeness (QED) is 0.730. The number of hydrogen-bond acceptors (Lipinski definition) is 4. The Morgan fingerprint density at radius 1 is 1.21 bits per heavy atom. The van der Waals surface area contributed by atoms with Crippen molar-refractivity contribution in [2.75, 3.05) is 18.4 Å². The van der Waals surface area contributed by atoms with Gasteiger partial charge in [0, 0.05) is 19.0 Å². The summed E-state index contributed by atoms with van der Waals surface area (Å²) in [6.45, 7) is 3.17. The molecule has 24 heavy (non-hydrogen) atoms. The molecule has 0 bridgehead atoms.